The summed E-state index contributed by atoms with van der Waals surface area (Å²) in [5.41, 5.74) is 4.67. The van der Waals surface area contributed by atoms with Crippen molar-refractivity contribution in [3.63, 3.8) is 0 Å². The van der Waals surface area contributed by atoms with Gasteiger partial charge in [0.15, 0.2) is 0 Å². The third kappa shape index (κ3) is 2.10. The van der Waals surface area contributed by atoms with Crippen molar-refractivity contribution in [1.82, 2.24) is 0 Å². The summed E-state index contributed by atoms with van der Waals surface area (Å²) in [4.78, 5) is 1.13. The van der Waals surface area contributed by atoms with E-state index in [1.54, 1.807) is 11.3 Å². The minimum Gasteiger partial charge on any atom is -0.192 e. The third-order valence-electron chi connectivity index (χ3n) is 3.36. The van der Waals surface area contributed by atoms with Crippen molar-refractivity contribution in [3.05, 3.63) is 57.3 Å². The standard InChI is InChI=1S/C16H13NS/c17-11-15(10-16-5-2-8-18-16)14-7-6-12-3-1-4-13(12)9-14/h2,5-10H,1,3-4H2/b15-10-. The lowest BCUT2D eigenvalue weighted by molar-refractivity contribution is 0.912. The number of nitriles is 1. The monoisotopic (exact) mass is 251 g/mol. The zero-order valence-electron chi connectivity index (χ0n) is 10.0. The largest absolute Gasteiger partial charge is 0.192 e. The van der Waals surface area contributed by atoms with Gasteiger partial charge in [-0.1, -0.05) is 24.3 Å². The van der Waals surface area contributed by atoms with Gasteiger partial charge in [-0.05, 0) is 53.5 Å². The Labute approximate surface area is 111 Å². The smallest absolute Gasteiger partial charge is 0.0998 e. The number of aryl methyl sites for hydroxylation is 2. The fraction of sp³-hybridized carbons (Fsp3) is 0.188. The van der Waals surface area contributed by atoms with Gasteiger partial charge < -0.3 is 0 Å². The van der Waals surface area contributed by atoms with Gasteiger partial charge in [0.25, 0.3) is 0 Å². The highest BCUT2D eigenvalue weighted by Gasteiger charge is 2.12. The Bertz CT molecular complexity index is 630. The molecule has 0 saturated carbocycles. The fourth-order valence-electron chi connectivity index (χ4n) is 2.44. The summed E-state index contributed by atoms with van der Waals surface area (Å²) >= 11 is 1.66. The van der Waals surface area contributed by atoms with Gasteiger partial charge in [0.1, 0.15) is 0 Å². The molecule has 0 aliphatic heterocycles. The van der Waals surface area contributed by atoms with E-state index in [-0.39, 0.29) is 0 Å². The Kier molecular flexibility index (Phi) is 3.00. The van der Waals surface area contributed by atoms with Crippen LogP contribution in [0.5, 0.6) is 0 Å². The van der Waals surface area contributed by atoms with Gasteiger partial charge in [0.2, 0.25) is 0 Å². The molecule has 0 unspecified atom stereocenters. The molecular weight excluding hydrogens is 238 g/mol. The van der Waals surface area contributed by atoms with Crippen molar-refractivity contribution in [3.8, 4) is 6.07 Å². The molecule has 0 spiro atoms. The van der Waals surface area contributed by atoms with E-state index in [1.165, 1.54) is 24.0 Å². The lowest BCUT2D eigenvalue weighted by Crippen LogP contribution is -1.87. The number of hydrogen-bond acceptors (Lipinski definition) is 2. The van der Waals surface area contributed by atoms with Gasteiger partial charge in [-0.2, -0.15) is 5.26 Å². The normalized spacial score (nSPS) is 14.3. The van der Waals surface area contributed by atoms with Crippen LogP contribution in [0.2, 0.25) is 0 Å². The Morgan fingerprint density at radius 3 is 2.89 bits per heavy atom. The molecule has 1 aliphatic rings. The van der Waals surface area contributed by atoms with Crippen molar-refractivity contribution in [2.75, 3.05) is 0 Å². The molecule has 0 atom stereocenters. The average molecular weight is 251 g/mol. The highest BCUT2D eigenvalue weighted by molar-refractivity contribution is 7.10. The first-order chi connectivity index (χ1) is 8.86. The molecule has 0 bridgehead atoms. The second-order valence-electron chi connectivity index (χ2n) is 4.52. The number of thiophene rings is 1. The third-order valence-corrected chi connectivity index (χ3v) is 4.18. The zero-order valence-corrected chi connectivity index (χ0v) is 10.8. The molecule has 3 rings (SSSR count). The summed E-state index contributed by atoms with van der Waals surface area (Å²) in [5, 5.41) is 11.3. The summed E-state index contributed by atoms with van der Waals surface area (Å²) in [7, 11) is 0. The lowest BCUT2D eigenvalue weighted by atomic mass is 10.0. The molecule has 2 heteroatoms. The Morgan fingerprint density at radius 1 is 1.22 bits per heavy atom. The summed E-state index contributed by atoms with van der Waals surface area (Å²) in [5.74, 6) is 0. The van der Waals surface area contributed by atoms with E-state index in [0.29, 0.717) is 0 Å². The Balaban J connectivity index is 2.00. The van der Waals surface area contributed by atoms with Gasteiger partial charge >= 0.3 is 0 Å². The van der Waals surface area contributed by atoms with Crippen LogP contribution in [0, 0.1) is 11.3 Å². The van der Waals surface area contributed by atoms with Crippen LogP contribution >= 0.6 is 11.3 Å². The SMILES string of the molecule is N#C/C(=C/c1cccs1)c1ccc2c(c1)CCC2. The maximum atomic E-state index is 9.31. The molecule has 18 heavy (non-hydrogen) atoms. The first-order valence-electron chi connectivity index (χ1n) is 6.14. The molecule has 88 valence electrons. The minimum absolute atomic E-state index is 0.757. The number of nitrogens with zero attached hydrogens (tertiary/aromatic N) is 1. The van der Waals surface area contributed by atoms with Gasteiger partial charge in [-0.25, -0.2) is 0 Å². The van der Waals surface area contributed by atoms with Crippen molar-refractivity contribution < 1.29 is 0 Å². The summed E-state index contributed by atoms with van der Waals surface area (Å²) in [6, 6.07) is 12.8. The minimum atomic E-state index is 0.757. The average Bonchev–Trinajstić information content (AvgIpc) is 3.06. The van der Waals surface area contributed by atoms with Crippen molar-refractivity contribution in [2.24, 2.45) is 0 Å². The first kappa shape index (κ1) is 11.3. The maximum absolute atomic E-state index is 9.31. The van der Waals surface area contributed by atoms with E-state index < -0.39 is 0 Å². The predicted octanol–water partition coefficient (Wildman–Crippen LogP) is 4.30. The van der Waals surface area contributed by atoms with Crippen molar-refractivity contribution in [1.29, 1.82) is 5.26 Å². The molecule has 2 aromatic rings. The molecule has 1 aromatic heterocycles. The number of fused-ring (bicyclic) bond motifs is 1. The lowest BCUT2D eigenvalue weighted by Gasteiger charge is -2.03. The highest BCUT2D eigenvalue weighted by atomic mass is 32.1. The van der Waals surface area contributed by atoms with Crippen LogP contribution in [0.1, 0.15) is 28.0 Å². The van der Waals surface area contributed by atoms with E-state index in [2.05, 4.69) is 24.3 Å². The van der Waals surface area contributed by atoms with E-state index in [4.69, 9.17) is 0 Å². The van der Waals surface area contributed by atoms with E-state index >= 15 is 0 Å². The Morgan fingerprint density at radius 2 is 2.11 bits per heavy atom. The van der Waals surface area contributed by atoms with Gasteiger partial charge in [-0.15, -0.1) is 11.3 Å². The quantitative estimate of drug-likeness (QED) is 0.730. The molecule has 0 N–H and O–H groups in total. The second kappa shape index (κ2) is 4.80. The van der Waals surface area contributed by atoms with Crippen LogP contribution in [0.3, 0.4) is 0 Å². The molecule has 1 heterocycles. The number of hydrogen-bond donors (Lipinski definition) is 0. The summed E-state index contributed by atoms with van der Waals surface area (Å²) < 4.78 is 0. The molecule has 1 aromatic carbocycles. The van der Waals surface area contributed by atoms with Gasteiger partial charge in [-0.3, -0.25) is 0 Å². The van der Waals surface area contributed by atoms with Crippen LogP contribution in [0.15, 0.2) is 35.7 Å². The van der Waals surface area contributed by atoms with Crippen molar-refractivity contribution in [2.45, 2.75) is 19.3 Å². The van der Waals surface area contributed by atoms with Gasteiger partial charge in [0, 0.05) is 4.88 Å². The topological polar surface area (TPSA) is 23.8 Å². The van der Waals surface area contributed by atoms with Crippen LogP contribution in [-0.2, 0) is 12.8 Å². The summed E-state index contributed by atoms with van der Waals surface area (Å²) in [6.45, 7) is 0. The maximum Gasteiger partial charge on any atom is 0.0998 e. The van der Waals surface area contributed by atoms with Crippen LogP contribution < -0.4 is 0 Å². The molecule has 0 amide bonds. The van der Waals surface area contributed by atoms with E-state index in [0.717, 1.165) is 22.4 Å². The second-order valence-corrected chi connectivity index (χ2v) is 5.50. The Hall–Kier alpha value is -1.85. The van der Waals surface area contributed by atoms with E-state index in [9.17, 15) is 5.26 Å². The summed E-state index contributed by atoms with van der Waals surface area (Å²) in [6.07, 6.45) is 5.56. The van der Waals surface area contributed by atoms with Crippen LogP contribution in [0.25, 0.3) is 11.6 Å². The number of benzene rings is 1. The number of rotatable bonds is 2. The number of allylic oxidation sites excluding steroid dienone is 1. The molecule has 1 aliphatic carbocycles. The predicted molar refractivity (Wildman–Crippen MR) is 76.3 cm³/mol. The highest BCUT2D eigenvalue weighted by Crippen LogP contribution is 2.27. The van der Waals surface area contributed by atoms with E-state index in [1.807, 2.05) is 23.6 Å². The van der Waals surface area contributed by atoms with Gasteiger partial charge in [0.05, 0.1) is 11.6 Å². The van der Waals surface area contributed by atoms with Crippen molar-refractivity contribution >= 4 is 23.0 Å². The van der Waals surface area contributed by atoms with Crippen LogP contribution in [-0.4, -0.2) is 0 Å². The van der Waals surface area contributed by atoms with Crippen LogP contribution in [0.4, 0.5) is 0 Å². The fourth-order valence-corrected chi connectivity index (χ4v) is 3.09. The molecule has 0 saturated heterocycles. The first-order valence-corrected chi connectivity index (χ1v) is 7.02. The molecular formula is C16H13NS. The molecule has 0 radical (unpaired) electrons. The molecule has 1 nitrogen and oxygen atoms in total. The molecule has 0 fully saturated rings. The zero-order chi connectivity index (χ0) is 12.4.